The number of aromatic hydroxyl groups is 1. The van der Waals surface area contributed by atoms with Gasteiger partial charge in [-0.25, -0.2) is 4.39 Å². The summed E-state index contributed by atoms with van der Waals surface area (Å²) in [6, 6.07) is 19.0. The van der Waals surface area contributed by atoms with Crippen molar-refractivity contribution in [3.8, 4) is 11.5 Å². The molecular formula is C20H17ClFNO2. The monoisotopic (exact) mass is 357 g/mol. The molecule has 0 aromatic heterocycles. The Morgan fingerprint density at radius 2 is 1.68 bits per heavy atom. The molecule has 0 heterocycles. The topological polar surface area (TPSA) is 41.5 Å². The molecule has 0 unspecified atom stereocenters. The second-order valence-electron chi connectivity index (χ2n) is 5.53. The summed E-state index contributed by atoms with van der Waals surface area (Å²) in [4.78, 5) is 0. The minimum absolute atomic E-state index is 0.0800. The standard InChI is InChI=1S/C20H17ClFNO2/c21-19-2-1-3-20(22)18(19)13-25-17-10-4-14(5-11-17)12-23-15-6-8-16(24)9-7-15/h1-11,23-24H,12-13H2. The molecule has 3 rings (SSSR count). The maximum absolute atomic E-state index is 13.7. The van der Waals surface area contributed by atoms with Crippen molar-refractivity contribution >= 4 is 17.3 Å². The van der Waals surface area contributed by atoms with Crippen LogP contribution in [0.15, 0.2) is 66.7 Å². The van der Waals surface area contributed by atoms with Crippen molar-refractivity contribution in [2.75, 3.05) is 5.32 Å². The summed E-state index contributed by atoms with van der Waals surface area (Å²) in [7, 11) is 0. The molecule has 25 heavy (non-hydrogen) atoms. The highest BCUT2D eigenvalue weighted by molar-refractivity contribution is 6.31. The second kappa shape index (κ2) is 7.90. The Bertz CT molecular complexity index is 815. The number of hydrogen-bond acceptors (Lipinski definition) is 3. The Hall–Kier alpha value is -2.72. The molecule has 3 aromatic carbocycles. The Labute approximate surface area is 150 Å². The van der Waals surface area contributed by atoms with Crippen LogP contribution in [0.4, 0.5) is 10.1 Å². The van der Waals surface area contributed by atoms with E-state index < -0.39 is 0 Å². The Balaban J connectivity index is 1.56. The molecule has 0 aliphatic heterocycles. The van der Waals surface area contributed by atoms with Crippen molar-refractivity contribution < 1.29 is 14.2 Å². The van der Waals surface area contributed by atoms with Gasteiger partial charge in [-0.3, -0.25) is 0 Å². The summed E-state index contributed by atoms with van der Waals surface area (Å²) < 4.78 is 19.3. The number of benzene rings is 3. The average Bonchev–Trinajstić information content (AvgIpc) is 2.62. The van der Waals surface area contributed by atoms with Gasteiger partial charge in [0.2, 0.25) is 0 Å². The van der Waals surface area contributed by atoms with Crippen LogP contribution in [-0.4, -0.2) is 5.11 Å². The average molecular weight is 358 g/mol. The molecule has 0 radical (unpaired) electrons. The Morgan fingerprint density at radius 1 is 0.960 bits per heavy atom. The van der Waals surface area contributed by atoms with Crippen LogP contribution in [-0.2, 0) is 13.2 Å². The van der Waals surface area contributed by atoms with Gasteiger partial charge in [-0.15, -0.1) is 0 Å². The lowest BCUT2D eigenvalue weighted by molar-refractivity contribution is 0.300. The van der Waals surface area contributed by atoms with Gasteiger partial charge < -0.3 is 15.2 Å². The lowest BCUT2D eigenvalue weighted by atomic mass is 10.2. The molecule has 0 saturated carbocycles. The van der Waals surface area contributed by atoms with Crippen molar-refractivity contribution in [1.29, 1.82) is 0 Å². The van der Waals surface area contributed by atoms with Crippen LogP contribution in [0.5, 0.6) is 11.5 Å². The van der Waals surface area contributed by atoms with Crippen LogP contribution >= 0.6 is 11.6 Å². The molecular weight excluding hydrogens is 341 g/mol. The summed E-state index contributed by atoms with van der Waals surface area (Å²) in [6.07, 6.45) is 0. The number of anilines is 1. The molecule has 3 nitrogen and oxygen atoms in total. The van der Waals surface area contributed by atoms with E-state index in [0.29, 0.717) is 22.9 Å². The van der Waals surface area contributed by atoms with Gasteiger partial charge in [-0.05, 0) is 54.1 Å². The van der Waals surface area contributed by atoms with Gasteiger partial charge in [-0.1, -0.05) is 29.8 Å². The maximum Gasteiger partial charge on any atom is 0.131 e. The summed E-state index contributed by atoms with van der Waals surface area (Å²) in [5, 5.41) is 12.9. The molecule has 0 fully saturated rings. The van der Waals surface area contributed by atoms with Crippen LogP contribution in [0.25, 0.3) is 0 Å². The zero-order chi connectivity index (χ0) is 17.6. The molecule has 3 aromatic rings. The second-order valence-corrected chi connectivity index (χ2v) is 5.94. The fraction of sp³-hybridized carbons (Fsp3) is 0.100. The lowest BCUT2D eigenvalue weighted by Crippen LogP contribution is -2.01. The number of phenolic OH excluding ortho intramolecular Hbond substituents is 1. The zero-order valence-electron chi connectivity index (χ0n) is 13.4. The van der Waals surface area contributed by atoms with Crippen LogP contribution in [0.2, 0.25) is 5.02 Å². The third kappa shape index (κ3) is 4.64. The first-order valence-electron chi connectivity index (χ1n) is 7.79. The van der Waals surface area contributed by atoms with E-state index in [1.807, 2.05) is 36.4 Å². The minimum atomic E-state index is -0.373. The van der Waals surface area contributed by atoms with Gasteiger partial charge in [0.25, 0.3) is 0 Å². The van der Waals surface area contributed by atoms with Crippen molar-refractivity contribution in [2.45, 2.75) is 13.2 Å². The highest BCUT2D eigenvalue weighted by Crippen LogP contribution is 2.22. The number of nitrogens with one attached hydrogen (secondary N) is 1. The number of rotatable bonds is 6. The Morgan fingerprint density at radius 3 is 2.36 bits per heavy atom. The third-order valence-corrected chi connectivity index (χ3v) is 4.09. The molecule has 5 heteroatoms. The van der Waals surface area contributed by atoms with E-state index in [-0.39, 0.29) is 18.2 Å². The van der Waals surface area contributed by atoms with Crippen molar-refractivity contribution in [3.05, 3.63) is 88.7 Å². The van der Waals surface area contributed by atoms with Crippen molar-refractivity contribution in [2.24, 2.45) is 0 Å². The first kappa shape index (κ1) is 17.1. The SMILES string of the molecule is Oc1ccc(NCc2ccc(OCc3c(F)cccc3Cl)cc2)cc1. The third-order valence-electron chi connectivity index (χ3n) is 3.73. The van der Waals surface area contributed by atoms with Crippen LogP contribution in [0, 0.1) is 5.82 Å². The van der Waals surface area contributed by atoms with Crippen LogP contribution in [0.3, 0.4) is 0 Å². The van der Waals surface area contributed by atoms with Gasteiger partial charge in [-0.2, -0.15) is 0 Å². The fourth-order valence-electron chi connectivity index (χ4n) is 2.31. The smallest absolute Gasteiger partial charge is 0.131 e. The normalized spacial score (nSPS) is 10.5. The predicted molar refractivity (Wildman–Crippen MR) is 97.6 cm³/mol. The van der Waals surface area contributed by atoms with Crippen molar-refractivity contribution in [1.82, 2.24) is 0 Å². The van der Waals surface area contributed by atoms with Gasteiger partial charge in [0, 0.05) is 17.8 Å². The summed E-state index contributed by atoms with van der Waals surface area (Å²) in [5.74, 6) is 0.511. The first-order chi connectivity index (χ1) is 12.1. The zero-order valence-corrected chi connectivity index (χ0v) is 14.1. The largest absolute Gasteiger partial charge is 0.508 e. The van der Waals surface area contributed by atoms with E-state index in [1.54, 1.807) is 24.3 Å². The molecule has 0 bridgehead atoms. The predicted octanol–water partition coefficient (Wildman–Crippen LogP) is 5.38. The number of phenols is 1. The van der Waals surface area contributed by atoms with E-state index in [1.165, 1.54) is 6.07 Å². The molecule has 0 atom stereocenters. The molecule has 0 saturated heterocycles. The Kier molecular flexibility index (Phi) is 5.41. The highest BCUT2D eigenvalue weighted by Gasteiger charge is 2.07. The minimum Gasteiger partial charge on any atom is -0.508 e. The number of hydrogen-bond donors (Lipinski definition) is 2. The van der Waals surface area contributed by atoms with Crippen LogP contribution < -0.4 is 10.1 Å². The quantitative estimate of drug-likeness (QED) is 0.582. The number of ether oxygens (including phenoxy) is 1. The van der Waals surface area contributed by atoms with Gasteiger partial charge in [0.05, 0.1) is 5.02 Å². The van der Waals surface area contributed by atoms with E-state index in [2.05, 4.69) is 5.32 Å². The number of halogens is 2. The van der Waals surface area contributed by atoms with Crippen molar-refractivity contribution in [3.63, 3.8) is 0 Å². The first-order valence-corrected chi connectivity index (χ1v) is 8.17. The maximum atomic E-state index is 13.7. The summed E-state index contributed by atoms with van der Waals surface area (Å²) in [6.45, 7) is 0.723. The van der Waals surface area contributed by atoms with Gasteiger partial charge in [0.15, 0.2) is 0 Å². The molecule has 0 amide bonds. The molecule has 0 aliphatic carbocycles. The van der Waals surface area contributed by atoms with Crippen LogP contribution in [0.1, 0.15) is 11.1 Å². The molecule has 128 valence electrons. The van der Waals surface area contributed by atoms with E-state index in [9.17, 15) is 9.50 Å². The van der Waals surface area contributed by atoms with Gasteiger partial charge >= 0.3 is 0 Å². The summed E-state index contributed by atoms with van der Waals surface area (Å²) in [5.41, 5.74) is 2.35. The van der Waals surface area contributed by atoms with E-state index in [4.69, 9.17) is 16.3 Å². The fourth-order valence-corrected chi connectivity index (χ4v) is 2.53. The van der Waals surface area contributed by atoms with E-state index >= 15 is 0 Å². The molecule has 2 N–H and O–H groups in total. The highest BCUT2D eigenvalue weighted by atomic mass is 35.5. The molecule has 0 spiro atoms. The van der Waals surface area contributed by atoms with Gasteiger partial charge in [0.1, 0.15) is 23.9 Å². The van der Waals surface area contributed by atoms with E-state index in [0.717, 1.165) is 11.3 Å². The lowest BCUT2D eigenvalue weighted by Gasteiger charge is -2.10. The molecule has 0 aliphatic rings. The summed E-state index contributed by atoms with van der Waals surface area (Å²) >= 11 is 5.99.